The molecule has 0 saturated carbocycles. The number of hydrogen-bond donors (Lipinski definition) is 1. The van der Waals surface area contributed by atoms with Gasteiger partial charge in [-0.05, 0) is 0 Å². The molecule has 0 aromatic rings. The molecule has 9 heavy (non-hydrogen) atoms. The maximum atomic E-state index is 9.00. The van der Waals surface area contributed by atoms with Crippen molar-refractivity contribution in [3.8, 4) is 0 Å². The van der Waals surface area contributed by atoms with E-state index in [1.165, 1.54) is 0 Å². The van der Waals surface area contributed by atoms with Crippen LogP contribution < -0.4 is 0 Å². The molecule has 0 aliphatic carbocycles. The molecule has 0 aliphatic rings. The Hall–Kier alpha value is 0.596. The van der Waals surface area contributed by atoms with E-state index in [9.17, 15) is 0 Å². The van der Waals surface area contributed by atoms with Gasteiger partial charge < -0.3 is 27.0 Å². The topological polar surface area (TPSA) is 163 Å². The Kier molecular flexibility index (Phi) is 234. The SMILES string of the molecule is CC(=O)O.O.O.O.O.[Tb]. The summed E-state index contributed by atoms with van der Waals surface area (Å²) in [5.41, 5.74) is 0. The van der Waals surface area contributed by atoms with Crippen LogP contribution >= 0.6 is 0 Å². The molecule has 0 unspecified atom stereocenters. The number of carbonyl (C=O) groups is 1. The van der Waals surface area contributed by atoms with Crippen LogP contribution in [0.5, 0.6) is 0 Å². The largest absolute Gasteiger partial charge is 0.481 e. The molecule has 65 valence electrons. The number of rotatable bonds is 0. The molecule has 1 radical (unpaired) electrons. The third-order valence-electron chi connectivity index (χ3n) is 0. The maximum absolute atomic E-state index is 9.00. The Morgan fingerprint density at radius 1 is 1.11 bits per heavy atom. The first kappa shape index (κ1) is 54.8. The van der Waals surface area contributed by atoms with Gasteiger partial charge in [-0.2, -0.15) is 0 Å². The van der Waals surface area contributed by atoms with Crippen LogP contribution in [0.2, 0.25) is 0 Å². The molecule has 0 heterocycles. The zero-order valence-electron chi connectivity index (χ0n) is 4.69. The molecule has 0 aliphatic heterocycles. The van der Waals surface area contributed by atoms with Gasteiger partial charge in [0.2, 0.25) is 0 Å². The van der Waals surface area contributed by atoms with Gasteiger partial charge in [0.1, 0.15) is 0 Å². The van der Waals surface area contributed by atoms with Crippen molar-refractivity contribution in [2.75, 3.05) is 0 Å². The molecule has 0 aromatic carbocycles. The zero-order valence-corrected chi connectivity index (χ0v) is 6.83. The van der Waals surface area contributed by atoms with Crippen LogP contribution in [0.4, 0.5) is 0 Å². The average Bonchev–Trinajstić information content (AvgIpc) is 0.811. The molecule has 0 fully saturated rings. The molecule has 0 aromatic heterocycles. The van der Waals surface area contributed by atoms with Crippen LogP contribution in [0.1, 0.15) is 6.92 Å². The first-order valence-electron chi connectivity index (χ1n) is 0.928. The summed E-state index contributed by atoms with van der Waals surface area (Å²) in [4.78, 5) is 9.00. The molecule has 6 nitrogen and oxygen atoms in total. The van der Waals surface area contributed by atoms with Crippen LogP contribution in [-0.4, -0.2) is 33.0 Å². The van der Waals surface area contributed by atoms with Gasteiger partial charge in [-0.3, -0.25) is 4.79 Å². The van der Waals surface area contributed by atoms with Crippen molar-refractivity contribution >= 4 is 5.97 Å². The Morgan fingerprint density at radius 3 is 1.11 bits per heavy atom. The second-order valence-corrected chi connectivity index (χ2v) is 0.519. The summed E-state index contributed by atoms with van der Waals surface area (Å²) in [7, 11) is 0. The predicted molar refractivity (Wildman–Crippen MR) is 27.8 cm³/mol. The van der Waals surface area contributed by atoms with Crippen molar-refractivity contribution in [3.63, 3.8) is 0 Å². The number of aliphatic carboxylic acids is 1. The summed E-state index contributed by atoms with van der Waals surface area (Å²) in [6.07, 6.45) is 0. The molecule has 0 atom stereocenters. The molecule has 0 amide bonds. The van der Waals surface area contributed by atoms with Gasteiger partial charge in [-0.1, -0.05) is 0 Å². The van der Waals surface area contributed by atoms with Crippen molar-refractivity contribution in [2.24, 2.45) is 0 Å². The van der Waals surface area contributed by atoms with Crippen molar-refractivity contribution in [1.82, 2.24) is 0 Å². The predicted octanol–water partition coefficient (Wildman–Crippen LogP) is -3.21. The normalized spacial score (nSPS) is 2.78. The summed E-state index contributed by atoms with van der Waals surface area (Å²) in [6.45, 7) is 1.08. The zero-order chi connectivity index (χ0) is 3.58. The Labute approximate surface area is 82.9 Å². The molecule has 0 rings (SSSR count). The smallest absolute Gasteiger partial charge is 0.300 e. The third kappa shape index (κ3) is 1050. The fraction of sp³-hybridized carbons (Fsp3) is 0.500. The second kappa shape index (κ2) is 38.4. The standard InChI is InChI=1S/C2H4O2.4H2O.Tb/c1-2(3)4;;;;;/h1H3,(H,3,4);4*1H2;. The maximum Gasteiger partial charge on any atom is 0.300 e. The summed E-state index contributed by atoms with van der Waals surface area (Å²) < 4.78 is 0. The van der Waals surface area contributed by atoms with E-state index in [0.29, 0.717) is 0 Å². The van der Waals surface area contributed by atoms with Crippen molar-refractivity contribution < 1.29 is 70.4 Å². The van der Waals surface area contributed by atoms with E-state index >= 15 is 0 Å². The molecular weight excluding hydrogens is 279 g/mol. The van der Waals surface area contributed by atoms with Crippen molar-refractivity contribution in [1.29, 1.82) is 0 Å². The van der Waals surface area contributed by atoms with E-state index in [-0.39, 0.29) is 60.5 Å². The molecule has 7 heteroatoms. The first-order chi connectivity index (χ1) is 1.73. The van der Waals surface area contributed by atoms with Gasteiger partial charge in [-0.25, -0.2) is 0 Å². The minimum absolute atomic E-state index is 0. The number of carboxylic acids is 1. The van der Waals surface area contributed by atoms with Crippen molar-refractivity contribution in [2.45, 2.75) is 6.92 Å². The van der Waals surface area contributed by atoms with Gasteiger partial charge in [0.05, 0.1) is 0 Å². The van der Waals surface area contributed by atoms with Crippen LogP contribution in [0.3, 0.4) is 0 Å². The van der Waals surface area contributed by atoms with Crippen molar-refractivity contribution in [3.05, 3.63) is 0 Å². The summed E-state index contributed by atoms with van der Waals surface area (Å²) in [5, 5.41) is 7.42. The average molecular weight is 291 g/mol. The van der Waals surface area contributed by atoms with Crippen LogP contribution in [0.15, 0.2) is 0 Å². The van der Waals surface area contributed by atoms with E-state index in [0.717, 1.165) is 6.92 Å². The summed E-state index contributed by atoms with van der Waals surface area (Å²) in [6, 6.07) is 0. The molecule has 9 N–H and O–H groups in total. The fourth-order valence-electron chi connectivity index (χ4n) is 0. The Bertz CT molecular complexity index is 34.0. The Balaban J connectivity index is -0.00000000450. The second-order valence-electron chi connectivity index (χ2n) is 0.519. The molecule has 0 saturated heterocycles. The van der Waals surface area contributed by atoms with E-state index in [1.807, 2.05) is 0 Å². The quantitative estimate of drug-likeness (QED) is 0.497. The van der Waals surface area contributed by atoms with Gasteiger partial charge in [-0.15, -0.1) is 0 Å². The van der Waals surface area contributed by atoms with Gasteiger partial charge in [0.15, 0.2) is 0 Å². The van der Waals surface area contributed by atoms with E-state index < -0.39 is 5.97 Å². The van der Waals surface area contributed by atoms with E-state index in [1.54, 1.807) is 0 Å². The number of hydrogen-bond acceptors (Lipinski definition) is 1. The molecule has 0 bridgehead atoms. The van der Waals surface area contributed by atoms with Crippen LogP contribution in [-0.2, 0) is 4.79 Å². The van der Waals surface area contributed by atoms with Gasteiger partial charge >= 0.3 is 0 Å². The molecular formula is C2H12O6Tb. The van der Waals surface area contributed by atoms with E-state index in [2.05, 4.69) is 0 Å². The number of carboxylic acid groups (broad SMARTS) is 1. The van der Waals surface area contributed by atoms with Crippen LogP contribution in [0, 0.1) is 38.6 Å². The summed E-state index contributed by atoms with van der Waals surface area (Å²) in [5.74, 6) is -0.833. The minimum Gasteiger partial charge on any atom is -0.481 e. The minimum atomic E-state index is -0.833. The summed E-state index contributed by atoms with van der Waals surface area (Å²) >= 11 is 0. The van der Waals surface area contributed by atoms with E-state index in [4.69, 9.17) is 9.90 Å². The van der Waals surface area contributed by atoms with Gasteiger partial charge in [0.25, 0.3) is 5.97 Å². The van der Waals surface area contributed by atoms with Gasteiger partial charge in [0, 0.05) is 45.5 Å². The first-order valence-corrected chi connectivity index (χ1v) is 0.928. The van der Waals surface area contributed by atoms with Crippen LogP contribution in [0.25, 0.3) is 0 Å². The molecule has 0 spiro atoms. The fourth-order valence-corrected chi connectivity index (χ4v) is 0. The third-order valence-corrected chi connectivity index (χ3v) is 0. The monoisotopic (exact) mass is 291 g/mol. The Morgan fingerprint density at radius 2 is 1.11 bits per heavy atom.